The fourth-order valence-electron chi connectivity index (χ4n) is 1.40. The predicted molar refractivity (Wildman–Crippen MR) is 71.9 cm³/mol. The van der Waals surface area contributed by atoms with Crippen LogP contribution in [-0.4, -0.2) is 18.8 Å². The molecule has 0 aliphatic heterocycles. The molecular weight excluding hydrogens is 238 g/mol. The molecule has 1 rings (SSSR count). The van der Waals surface area contributed by atoms with Gasteiger partial charge in [0.2, 0.25) is 0 Å². The zero-order valence-corrected chi connectivity index (χ0v) is 11.6. The van der Waals surface area contributed by atoms with E-state index in [1.807, 2.05) is 6.07 Å². The number of nitrogens with one attached hydrogen (secondary N) is 1. The number of methoxy groups -OCH3 is 1. The number of hydrogen-bond acceptors (Lipinski definition) is 3. The van der Waals surface area contributed by atoms with Crippen molar-refractivity contribution < 1.29 is 9.84 Å². The van der Waals surface area contributed by atoms with Gasteiger partial charge in [-0.3, -0.25) is 0 Å². The maximum atomic E-state index is 9.16. The fraction of sp³-hybridized carbons (Fsp3) is 0.538. The second kappa shape index (κ2) is 5.61. The average Bonchev–Trinajstić information content (AvgIpc) is 2.25. The highest BCUT2D eigenvalue weighted by atomic mass is 35.5. The van der Waals surface area contributed by atoms with Crippen molar-refractivity contribution in [2.45, 2.75) is 27.4 Å². The SMILES string of the molecule is COc1cc(NCC(C)(C)C)c(Cl)cc1CO. The summed E-state index contributed by atoms with van der Waals surface area (Å²) in [5.74, 6) is 0.647. The van der Waals surface area contributed by atoms with E-state index in [0.29, 0.717) is 16.3 Å². The van der Waals surface area contributed by atoms with Crippen LogP contribution in [0.15, 0.2) is 12.1 Å². The number of aliphatic hydroxyl groups is 1. The summed E-state index contributed by atoms with van der Waals surface area (Å²) in [5, 5.41) is 13.0. The molecule has 0 aromatic heterocycles. The monoisotopic (exact) mass is 257 g/mol. The summed E-state index contributed by atoms with van der Waals surface area (Å²) in [5.41, 5.74) is 1.70. The third kappa shape index (κ3) is 4.10. The summed E-state index contributed by atoms with van der Waals surface area (Å²) in [6.45, 7) is 7.17. The molecular formula is C13H20ClNO2. The molecule has 0 bridgehead atoms. The predicted octanol–water partition coefficient (Wildman–Crippen LogP) is 3.30. The van der Waals surface area contributed by atoms with Gasteiger partial charge in [0, 0.05) is 18.2 Å². The molecule has 2 N–H and O–H groups in total. The molecule has 0 aliphatic rings. The molecule has 96 valence electrons. The first-order valence-electron chi connectivity index (χ1n) is 5.58. The van der Waals surface area contributed by atoms with Crippen molar-refractivity contribution in [2.75, 3.05) is 19.0 Å². The Morgan fingerprint density at radius 3 is 2.47 bits per heavy atom. The maximum Gasteiger partial charge on any atom is 0.126 e. The standard InChI is InChI=1S/C13H20ClNO2/c1-13(2,3)8-15-11-6-12(17-4)9(7-16)5-10(11)14/h5-6,15-16H,7-8H2,1-4H3. The minimum atomic E-state index is -0.0809. The minimum Gasteiger partial charge on any atom is -0.496 e. The van der Waals surface area contributed by atoms with E-state index in [0.717, 1.165) is 12.2 Å². The maximum absolute atomic E-state index is 9.16. The zero-order chi connectivity index (χ0) is 13.1. The Balaban J connectivity index is 2.93. The van der Waals surface area contributed by atoms with Gasteiger partial charge in [-0.1, -0.05) is 32.4 Å². The van der Waals surface area contributed by atoms with Gasteiger partial charge in [0.15, 0.2) is 0 Å². The van der Waals surface area contributed by atoms with Gasteiger partial charge in [-0.25, -0.2) is 0 Å². The van der Waals surface area contributed by atoms with E-state index < -0.39 is 0 Å². The van der Waals surface area contributed by atoms with Crippen LogP contribution >= 0.6 is 11.6 Å². The Morgan fingerprint density at radius 2 is 2.00 bits per heavy atom. The first kappa shape index (κ1) is 14.1. The van der Waals surface area contributed by atoms with Crippen molar-refractivity contribution in [2.24, 2.45) is 5.41 Å². The van der Waals surface area contributed by atoms with E-state index in [4.69, 9.17) is 21.4 Å². The van der Waals surface area contributed by atoms with Gasteiger partial charge in [-0.2, -0.15) is 0 Å². The van der Waals surface area contributed by atoms with Crippen LogP contribution in [-0.2, 0) is 6.61 Å². The quantitative estimate of drug-likeness (QED) is 0.870. The lowest BCUT2D eigenvalue weighted by Crippen LogP contribution is -2.19. The zero-order valence-electron chi connectivity index (χ0n) is 10.8. The third-order valence-electron chi connectivity index (χ3n) is 2.35. The van der Waals surface area contributed by atoms with Gasteiger partial charge >= 0.3 is 0 Å². The minimum absolute atomic E-state index is 0.0809. The lowest BCUT2D eigenvalue weighted by atomic mass is 9.97. The van der Waals surface area contributed by atoms with Crippen molar-refractivity contribution in [1.82, 2.24) is 0 Å². The van der Waals surface area contributed by atoms with Crippen LogP contribution in [0, 0.1) is 5.41 Å². The Labute approximate surface area is 108 Å². The van der Waals surface area contributed by atoms with Crippen molar-refractivity contribution in [3.63, 3.8) is 0 Å². The van der Waals surface area contributed by atoms with Gasteiger partial charge < -0.3 is 15.2 Å². The second-order valence-electron chi connectivity index (χ2n) is 5.22. The first-order valence-corrected chi connectivity index (χ1v) is 5.96. The Hall–Kier alpha value is -0.930. The molecule has 4 heteroatoms. The average molecular weight is 258 g/mol. The number of benzene rings is 1. The Bertz CT molecular complexity index is 386. The molecule has 17 heavy (non-hydrogen) atoms. The molecule has 0 fully saturated rings. The molecule has 0 atom stereocenters. The molecule has 1 aromatic carbocycles. The normalized spacial score (nSPS) is 11.4. The van der Waals surface area contributed by atoms with E-state index >= 15 is 0 Å². The van der Waals surface area contributed by atoms with Crippen LogP contribution < -0.4 is 10.1 Å². The Morgan fingerprint density at radius 1 is 1.35 bits per heavy atom. The highest BCUT2D eigenvalue weighted by Crippen LogP contribution is 2.31. The van der Waals surface area contributed by atoms with E-state index in [9.17, 15) is 0 Å². The number of halogens is 1. The molecule has 0 aliphatic carbocycles. The van der Waals surface area contributed by atoms with Crippen molar-refractivity contribution in [1.29, 1.82) is 0 Å². The first-order chi connectivity index (χ1) is 7.87. The molecule has 1 aromatic rings. The van der Waals surface area contributed by atoms with Gasteiger partial charge in [-0.05, 0) is 11.5 Å². The lowest BCUT2D eigenvalue weighted by Gasteiger charge is -2.21. The highest BCUT2D eigenvalue weighted by molar-refractivity contribution is 6.33. The second-order valence-corrected chi connectivity index (χ2v) is 5.62. The van der Waals surface area contributed by atoms with E-state index in [1.165, 1.54) is 0 Å². The molecule has 0 saturated carbocycles. The van der Waals surface area contributed by atoms with Crippen LogP contribution in [0.3, 0.4) is 0 Å². The number of hydrogen-bond donors (Lipinski definition) is 2. The van der Waals surface area contributed by atoms with Gasteiger partial charge in [0.25, 0.3) is 0 Å². The number of anilines is 1. The van der Waals surface area contributed by atoms with Crippen LogP contribution in [0.5, 0.6) is 5.75 Å². The summed E-state index contributed by atoms with van der Waals surface area (Å²) in [7, 11) is 1.58. The molecule has 0 spiro atoms. The highest BCUT2D eigenvalue weighted by Gasteiger charge is 2.13. The molecule has 0 amide bonds. The summed E-state index contributed by atoms with van der Waals surface area (Å²) in [4.78, 5) is 0. The third-order valence-corrected chi connectivity index (χ3v) is 2.66. The van der Waals surface area contributed by atoms with Crippen molar-refractivity contribution in [3.8, 4) is 5.75 Å². The molecule has 0 radical (unpaired) electrons. The van der Waals surface area contributed by atoms with Crippen molar-refractivity contribution >= 4 is 17.3 Å². The molecule has 0 saturated heterocycles. The molecule has 0 heterocycles. The summed E-state index contributed by atoms with van der Waals surface area (Å²) >= 11 is 6.14. The van der Waals surface area contributed by atoms with Gasteiger partial charge in [-0.15, -0.1) is 0 Å². The van der Waals surface area contributed by atoms with E-state index in [2.05, 4.69) is 26.1 Å². The summed E-state index contributed by atoms with van der Waals surface area (Å²) in [6, 6.07) is 3.55. The largest absolute Gasteiger partial charge is 0.496 e. The van der Waals surface area contributed by atoms with Gasteiger partial charge in [0.1, 0.15) is 5.75 Å². The lowest BCUT2D eigenvalue weighted by molar-refractivity contribution is 0.274. The van der Waals surface area contributed by atoms with E-state index in [1.54, 1.807) is 13.2 Å². The number of aliphatic hydroxyl groups excluding tert-OH is 1. The summed E-state index contributed by atoms with van der Waals surface area (Å²) < 4.78 is 5.21. The number of rotatable bonds is 4. The molecule has 0 unspecified atom stereocenters. The van der Waals surface area contributed by atoms with Gasteiger partial charge in [0.05, 0.1) is 24.4 Å². The topological polar surface area (TPSA) is 41.5 Å². The van der Waals surface area contributed by atoms with Crippen LogP contribution in [0.1, 0.15) is 26.3 Å². The molecule has 3 nitrogen and oxygen atoms in total. The van der Waals surface area contributed by atoms with Crippen LogP contribution in [0.2, 0.25) is 5.02 Å². The Kier molecular flexibility index (Phi) is 4.66. The fourth-order valence-corrected chi connectivity index (χ4v) is 1.66. The van der Waals surface area contributed by atoms with Crippen LogP contribution in [0.25, 0.3) is 0 Å². The van der Waals surface area contributed by atoms with E-state index in [-0.39, 0.29) is 12.0 Å². The van der Waals surface area contributed by atoms with Crippen molar-refractivity contribution in [3.05, 3.63) is 22.7 Å². The number of ether oxygens (including phenoxy) is 1. The summed E-state index contributed by atoms with van der Waals surface area (Å²) in [6.07, 6.45) is 0. The van der Waals surface area contributed by atoms with Crippen LogP contribution in [0.4, 0.5) is 5.69 Å². The smallest absolute Gasteiger partial charge is 0.126 e.